The summed E-state index contributed by atoms with van der Waals surface area (Å²) in [6.07, 6.45) is 1.74. The first-order chi connectivity index (χ1) is 7.16. The Labute approximate surface area is 98.3 Å². The van der Waals surface area contributed by atoms with E-state index < -0.39 is 0 Å². The Balaban J connectivity index is 2.18. The third kappa shape index (κ3) is 2.49. The van der Waals surface area contributed by atoms with Crippen molar-refractivity contribution >= 4 is 21.7 Å². The number of piperidine rings is 1. The fraction of sp³-hybridized carbons (Fsp3) is 0.545. The summed E-state index contributed by atoms with van der Waals surface area (Å²) in [5.74, 6) is 0.967. The topological polar surface area (TPSA) is 36.4 Å². The Kier molecular flexibility index (Phi) is 3.26. The lowest BCUT2D eigenvalue weighted by atomic mass is 10.1. The normalized spacial score (nSPS) is 21.8. The number of aliphatic hydroxyl groups excluding tert-OH is 1. The number of aromatic nitrogens is 1. The van der Waals surface area contributed by atoms with Crippen molar-refractivity contribution in [3.05, 3.63) is 22.3 Å². The van der Waals surface area contributed by atoms with Crippen LogP contribution in [0.25, 0.3) is 0 Å². The van der Waals surface area contributed by atoms with Gasteiger partial charge < -0.3 is 10.0 Å². The van der Waals surface area contributed by atoms with Crippen LogP contribution in [-0.4, -0.2) is 29.3 Å². The maximum absolute atomic E-state index is 9.59. The van der Waals surface area contributed by atoms with Crippen LogP contribution < -0.4 is 4.90 Å². The molecule has 2 rings (SSSR count). The van der Waals surface area contributed by atoms with Gasteiger partial charge in [0, 0.05) is 17.6 Å². The zero-order chi connectivity index (χ0) is 10.8. The average Bonchev–Trinajstić information content (AvgIpc) is 2.22. The van der Waals surface area contributed by atoms with E-state index in [0.29, 0.717) is 6.54 Å². The van der Waals surface area contributed by atoms with Crippen LogP contribution in [-0.2, 0) is 0 Å². The monoisotopic (exact) mass is 270 g/mol. The van der Waals surface area contributed by atoms with E-state index in [1.165, 1.54) is 0 Å². The second kappa shape index (κ2) is 4.49. The summed E-state index contributed by atoms with van der Waals surface area (Å²) in [4.78, 5) is 6.65. The van der Waals surface area contributed by atoms with Crippen molar-refractivity contribution < 1.29 is 5.11 Å². The summed E-state index contributed by atoms with van der Waals surface area (Å²) in [5.41, 5.74) is 0.993. The van der Waals surface area contributed by atoms with Crippen molar-refractivity contribution in [3.8, 4) is 0 Å². The zero-order valence-electron chi connectivity index (χ0n) is 8.78. The standard InChI is InChI=1S/C11H15BrN2O/c1-8-10(12)4-5-11(13-8)14-6-2-3-9(15)7-14/h4-5,9,15H,2-3,6-7H2,1H3. The number of nitrogens with zero attached hydrogens (tertiary/aromatic N) is 2. The number of hydrogen-bond acceptors (Lipinski definition) is 3. The smallest absolute Gasteiger partial charge is 0.128 e. The minimum atomic E-state index is -0.204. The van der Waals surface area contributed by atoms with E-state index in [1.807, 2.05) is 19.1 Å². The van der Waals surface area contributed by atoms with E-state index in [2.05, 4.69) is 25.8 Å². The molecule has 1 N–H and O–H groups in total. The lowest BCUT2D eigenvalue weighted by Crippen LogP contribution is -2.38. The van der Waals surface area contributed by atoms with Gasteiger partial charge in [-0.15, -0.1) is 0 Å². The Morgan fingerprint density at radius 3 is 3.00 bits per heavy atom. The van der Waals surface area contributed by atoms with Gasteiger partial charge in [-0.1, -0.05) is 0 Å². The maximum atomic E-state index is 9.59. The molecule has 1 fully saturated rings. The molecule has 0 spiro atoms. The molecule has 0 saturated carbocycles. The highest BCUT2D eigenvalue weighted by atomic mass is 79.9. The Morgan fingerprint density at radius 1 is 1.53 bits per heavy atom. The average molecular weight is 271 g/mol. The van der Waals surface area contributed by atoms with Gasteiger partial charge in [0.05, 0.1) is 11.8 Å². The lowest BCUT2D eigenvalue weighted by Gasteiger charge is -2.31. The van der Waals surface area contributed by atoms with Gasteiger partial charge in [-0.25, -0.2) is 4.98 Å². The van der Waals surface area contributed by atoms with Crippen molar-refractivity contribution in [3.63, 3.8) is 0 Å². The molecule has 0 bridgehead atoms. The second-order valence-corrected chi connectivity index (χ2v) is 4.83. The molecule has 0 amide bonds. The predicted octanol–water partition coefficient (Wildman–Crippen LogP) is 2.11. The first kappa shape index (κ1) is 10.9. The maximum Gasteiger partial charge on any atom is 0.128 e. The number of hydrogen-bond donors (Lipinski definition) is 1. The molecular weight excluding hydrogens is 256 g/mol. The fourth-order valence-corrected chi connectivity index (χ4v) is 2.09. The lowest BCUT2D eigenvalue weighted by molar-refractivity contribution is 0.154. The van der Waals surface area contributed by atoms with E-state index in [4.69, 9.17) is 0 Å². The van der Waals surface area contributed by atoms with Gasteiger partial charge in [0.1, 0.15) is 5.82 Å². The Bertz CT molecular complexity index is 356. The van der Waals surface area contributed by atoms with Crippen LogP contribution >= 0.6 is 15.9 Å². The highest BCUT2D eigenvalue weighted by molar-refractivity contribution is 9.10. The van der Waals surface area contributed by atoms with Crippen LogP contribution in [0, 0.1) is 6.92 Å². The van der Waals surface area contributed by atoms with Crippen molar-refractivity contribution in [2.45, 2.75) is 25.9 Å². The zero-order valence-corrected chi connectivity index (χ0v) is 10.4. The van der Waals surface area contributed by atoms with E-state index in [0.717, 1.165) is 35.4 Å². The molecule has 82 valence electrons. The third-order valence-electron chi connectivity index (χ3n) is 2.73. The second-order valence-electron chi connectivity index (χ2n) is 3.98. The molecule has 0 aromatic carbocycles. The number of halogens is 1. The fourth-order valence-electron chi connectivity index (χ4n) is 1.87. The molecule has 1 aromatic heterocycles. The number of rotatable bonds is 1. The number of β-amino-alcohol motifs (C(OH)–C–C–N with tert-alkyl or cyclic N) is 1. The summed E-state index contributed by atoms with van der Waals surface area (Å²) in [6.45, 7) is 3.67. The molecule has 3 nitrogen and oxygen atoms in total. The van der Waals surface area contributed by atoms with Gasteiger partial charge in [0.25, 0.3) is 0 Å². The third-order valence-corrected chi connectivity index (χ3v) is 3.57. The summed E-state index contributed by atoms with van der Waals surface area (Å²) < 4.78 is 1.03. The Morgan fingerprint density at radius 2 is 2.33 bits per heavy atom. The minimum Gasteiger partial charge on any atom is -0.391 e. The van der Waals surface area contributed by atoms with Crippen LogP contribution in [0.5, 0.6) is 0 Å². The van der Waals surface area contributed by atoms with E-state index in [9.17, 15) is 5.11 Å². The molecule has 1 aromatic rings. The van der Waals surface area contributed by atoms with Gasteiger partial charge in [0.15, 0.2) is 0 Å². The highest BCUT2D eigenvalue weighted by Gasteiger charge is 2.18. The SMILES string of the molecule is Cc1nc(N2CCCC(O)C2)ccc1Br. The number of pyridine rings is 1. The highest BCUT2D eigenvalue weighted by Crippen LogP contribution is 2.21. The molecule has 15 heavy (non-hydrogen) atoms. The van der Waals surface area contributed by atoms with Gasteiger partial charge >= 0.3 is 0 Å². The van der Waals surface area contributed by atoms with Crippen LogP contribution in [0.2, 0.25) is 0 Å². The van der Waals surface area contributed by atoms with E-state index in [1.54, 1.807) is 0 Å². The predicted molar refractivity (Wildman–Crippen MR) is 64.1 cm³/mol. The summed E-state index contributed by atoms with van der Waals surface area (Å²) in [5, 5.41) is 9.59. The summed E-state index contributed by atoms with van der Waals surface area (Å²) in [7, 11) is 0. The number of aryl methyl sites for hydroxylation is 1. The molecule has 1 atom stereocenters. The first-order valence-corrected chi connectivity index (χ1v) is 6.02. The summed E-state index contributed by atoms with van der Waals surface area (Å²) >= 11 is 3.43. The van der Waals surface area contributed by atoms with E-state index in [-0.39, 0.29) is 6.10 Å². The van der Waals surface area contributed by atoms with Crippen LogP contribution in [0.4, 0.5) is 5.82 Å². The molecule has 1 aliphatic rings. The Hall–Kier alpha value is -0.610. The van der Waals surface area contributed by atoms with Crippen LogP contribution in [0.3, 0.4) is 0 Å². The number of aliphatic hydroxyl groups is 1. The van der Waals surface area contributed by atoms with Crippen molar-refractivity contribution in [1.82, 2.24) is 4.98 Å². The quantitative estimate of drug-likeness (QED) is 0.850. The van der Waals surface area contributed by atoms with Gasteiger partial charge in [0.2, 0.25) is 0 Å². The van der Waals surface area contributed by atoms with Gasteiger partial charge in [-0.2, -0.15) is 0 Å². The van der Waals surface area contributed by atoms with Crippen molar-refractivity contribution in [2.75, 3.05) is 18.0 Å². The molecule has 1 aliphatic heterocycles. The van der Waals surface area contributed by atoms with Gasteiger partial charge in [-0.05, 0) is 47.8 Å². The molecule has 1 unspecified atom stereocenters. The largest absolute Gasteiger partial charge is 0.391 e. The molecule has 2 heterocycles. The summed E-state index contributed by atoms with van der Waals surface area (Å²) in [6, 6.07) is 4.01. The molecule has 1 saturated heterocycles. The molecule has 0 radical (unpaired) electrons. The van der Waals surface area contributed by atoms with Crippen molar-refractivity contribution in [1.29, 1.82) is 0 Å². The molecule has 4 heteroatoms. The molecular formula is C11H15BrN2O. The van der Waals surface area contributed by atoms with E-state index >= 15 is 0 Å². The number of anilines is 1. The van der Waals surface area contributed by atoms with Gasteiger partial charge in [-0.3, -0.25) is 0 Å². The first-order valence-electron chi connectivity index (χ1n) is 5.23. The van der Waals surface area contributed by atoms with Crippen LogP contribution in [0.1, 0.15) is 18.5 Å². The molecule has 0 aliphatic carbocycles. The van der Waals surface area contributed by atoms with Crippen molar-refractivity contribution in [2.24, 2.45) is 0 Å². The minimum absolute atomic E-state index is 0.204. The van der Waals surface area contributed by atoms with Crippen LogP contribution in [0.15, 0.2) is 16.6 Å².